The lowest BCUT2D eigenvalue weighted by atomic mass is 9.99. The van der Waals surface area contributed by atoms with Crippen molar-refractivity contribution in [3.05, 3.63) is 59.6 Å². The number of ketones is 1. The highest BCUT2D eigenvalue weighted by atomic mass is 16.5. The second-order valence-electron chi connectivity index (χ2n) is 5.71. The van der Waals surface area contributed by atoms with Crippen molar-refractivity contribution in [3.63, 3.8) is 0 Å². The Bertz CT molecular complexity index is 822. The summed E-state index contributed by atoms with van der Waals surface area (Å²) in [6.07, 6.45) is 2.16. The Morgan fingerprint density at radius 1 is 1.24 bits per heavy atom. The summed E-state index contributed by atoms with van der Waals surface area (Å²) < 4.78 is 10.7. The molecule has 1 fully saturated rings. The number of aliphatic hydroxyl groups excluding tert-OH is 1. The Labute approximate surface area is 145 Å². The molecular formula is C19H19NO5. The van der Waals surface area contributed by atoms with Gasteiger partial charge in [-0.25, -0.2) is 0 Å². The fourth-order valence-corrected chi connectivity index (χ4v) is 3.08. The summed E-state index contributed by atoms with van der Waals surface area (Å²) in [5.74, 6) is -0.780. The zero-order valence-corrected chi connectivity index (χ0v) is 14.1. The first-order valence-corrected chi connectivity index (χ1v) is 8.05. The highest BCUT2D eigenvalue weighted by molar-refractivity contribution is 6.46. The fourth-order valence-electron chi connectivity index (χ4n) is 3.08. The number of carbonyl (C=O) groups excluding carboxylic acids is 2. The van der Waals surface area contributed by atoms with Gasteiger partial charge in [0.1, 0.15) is 23.3 Å². The van der Waals surface area contributed by atoms with Gasteiger partial charge < -0.3 is 19.2 Å². The molecule has 1 atom stereocenters. The molecular weight excluding hydrogens is 322 g/mol. The van der Waals surface area contributed by atoms with E-state index in [9.17, 15) is 14.7 Å². The van der Waals surface area contributed by atoms with Crippen LogP contribution in [0.1, 0.15) is 30.7 Å². The van der Waals surface area contributed by atoms with E-state index in [-0.39, 0.29) is 11.3 Å². The standard InChI is InChI=1S/C19H19NO5/c1-3-10-20-16(14-9-6-11-25-14)15(18(22)19(20)23)17(21)12-7-4-5-8-13(12)24-2/h4-9,11,16,21H,3,10H2,1-2H3/b17-15-. The Kier molecular flexibility index (Phi) is 4.61. The molecule has 3 rings (SSSR count). The van der Waals surface area contributed by atoms with Gasteiger partial charge >= 0.3 is 0 Å². The first-order valence-electron chi connectivity index (χ1n) is 8.05. The number of rotatable bonds is 5. The third-order valence-corrected chi connectivity index (χ3v) is 4.18. The van der Waals surface area contributed by atoms with Crippen molar-refractivity contribution in [1.82, 2.24) is 4.90 Å². The number of nitrogens with zero attached hydrogens (tertiary/aromatic N) is 1. The van der Waals surface area contributed by atoms with Crippen LogP contribution in [0.25, 0.3) is 5.76 Å². The highest BCUT2D eigenvalue weighted by Gasteiger charge is 2.47. The van der Waals surface area contributed by atoms with Crippen LogP contribution in [0, 0.1) is 0 Å². The fraction of sp³-hybridized carbons (Fsp3) is 0.263. The molecule has 0 radical (unpaired) electrons. The minimum absolute atomic E-state index is 0.0119. The smallest absolute Gasteiger partial charge is 0.295 e. The van der Waals surface area contributed by atoms with E-state index in [2.05, 4.69) is 0 Å². The number of hydrogen-bond acceptors (Lipinski definition) is 5. The molecule has 0 bridgehead atoms. The van der Waals surface area contributed by atoms with Gasteiger partial charge in [-0.15, -0.1) is 0 Å². The van der Waals surface area contributed by atoms with E-state index in [4.69, 9.17) is 9.15 Å². The zero-order chi connectivity index (χ0) is 18.0. The number of benzene rings is 1. The predicted molar refractivity (Wildman–Crippen MR) is 91.0 cm³/mol. The number of ether oxygens (including phenoxy) is 1. The van der Waals surface area contributed by atoms with Crippen LogP contribution in [0.3, 0.4) is 0 Å². The van der Waals surface area contributed by atoms with Gasteiger partial charge in [-0.2, -0.15) is 0 Å². The predicted octanol–water partition coefficient (Wildman–Crippen LogP) is 3.12. The van der Waals surface area contributed by atoms with Crippen molar-refractivity contribution in [2.24, 2.45) is 0 Å². The van der Waals surface area contributed by atoms with Gasteiger partial charge in [0, 0.05) is 6.54 Å². The van der Waals surface area contributed by atoms with Gasteiger partial charge in [0.2, 0.25) is 0 Å². The van der Waals surface area contributed by atoms with Gasteiger partial charge in [0.25, 0.3) is 11.7 Å². The number of methoxy groups -OCH3 is 1. The number of likely N-dealkylation sites (tertiary alicyclic amines) is 1. The number of Topliss-reactive ketones (excluding diaryl/α,β-unsaturated/α-hetero) is 1. The lowest BCUT2D eigenvalue weighted by Gasteiger charge is -2.22. The minimum Gasteiger partial charge on any atom is -0.507 e. The third-order valence-electron chi connectivity index (χ3n) is 4.18. The van der Waals surface area contributed by atoms with Crippen molar-refractivity contribution < 1.29 is 23.8 Å². The summed E-state index contributed by atoms with van der Waals surface area (Å²) in [7, 11) is 1.48. The lowest BCUT2D eigenvalue weighted by molar-refractivity contribution is -0.140. The van der Waals surface area contributed by atoms with E-state index in [1.165, 1.54) is 18.3 Å². The number of carbonyl (C=O) groups is 2. The number of amides is 1. The van der Waals surface area contributed by atoms with E-state index in [1.807, 2.05) is 6.92 Å². The molecule has 6 nitrogen and oxygen atoms in total. The van der Waals surface area contributed by atoms with Crippen LogP contribution in [-0.2, 0) is 9.59 Å². The molecule has 1 aromatic carbocycles. The van der Waals surface area contributed by atoms with E-state index in [1.54, 1.807) is 36.4 Å². The summed E-state index contributed by atoms with van der Waals surface area (Å²) in [5, 5.41) is 10.8. The van der Waals surface area contributed by atoms with Gasteiger partial charge in [0.05, 0.1) is 24.5 Å². The second kappa shape index (κ2) is 6.84. The molecule has 1 aliphatic rings. The van der Waals surface area contributed by atoms with Gasteiger partial charge in [0.15, 0.2) is 0 Å². The zero-order valence-electron chi connectivity index (χ0n) is 14.1. The number of hydrogen-bond donors (Lipinski definition) is 1. The van der Waals surface area contributed by atoms with Crippen LogP contribution in [0.5, 0.6) is 5.75 Å². The van der Waals surface area contributed by atoms with E-state index in [0.29, 0.717) is 30.0 Å². The average Bonchev–Trinajstić information content (AvgIpc) is 3.24. The van der Waals surface area contributed by atoms with Crippen LogP contribution in [0.4, 0.5) is 0 Å². The van der Waals surface area contributed by atoms with Crippen molar-refractivity contribution in [3.8, 4) is 5.75 Å². The first-order chi connectivity index (χ1) is 12.1. The number of aliphatic hydroxyl groups is 1. The number of furan rings is 1. The van der Waals surface area contributed by atoms with Crippen molar-refractivity contribution >= 4 is 17.4 Å². The molecule has 1 aliphatic heterocycles. The molecule has 2 heterocycles. The van der Waals surface area contributed by atoms with Crippen LogP contribution < -0.4 is 4.74 Å². The molecule has 1 N–H and O–H groups in total. The maximum Gasteiger partial charge on any atom is 0.295 e. The van der Waals surface area contributed by atoms with Crippen LogP contribution in [0.2, 0.25) is 0 Å². The van der Waals surface area contributed by atoms with Crippen LogP contribution >= 0.6 is 0 Å². The molecule has 130 valence electrons. The van der Waals surface area contributed by atoms with E-state index >= 15 is 0 Å². The Morgan fingerprint density at radius 3 is 2.64 bits per heavy atom. The van der Waals surface area contributed by atoms with Gasteiger partial charge in [-0.1, -0.05) is 19.1 Å². The van der Waals surface area contributed by atoms with Crippen LogP contribution in [0.15, 0.2) is 52.7 Å². The SMILES string of the molecule is CCCN1C(=O)C(=O)/C(=C(\O)c2ccccc2OC)C1c1ccco1. The summed E-state index contributed by atoms with van der Waals surface area (Å²) in [4.78, 5) is 26.5. The first kappa shape index (κ1) is 16.8. The Balaban J connectivity index is 2.20. The van der Waals surface area contributed by atoms with Crippen molar-refractivity contribution in [1.29, 1.82) is 0 Å². The Hall–Kier alpha value is -3.02. The quantitative estimate of drug-likeness (QED) is 0.513. The van der Waals surface area contributed by atoms with Crippen molar-refractivity contribution in [2.45, 2.75) is 19.4 Å². The summed E-state index contributed by atoms with van der Waals surface area (Å²) in [5.41, 5.74) is 0.369. The Morgan fingerprint density at radius 2 is 2.00 bits per heavy atom. The highest BCUT2D eigenvalue weighted by Crippen LogP contribution is 2.40. The van der Waals surface area contributed by atoms with Crippen molar-refractivity contribution in [2.75, 3.05) is 13.7 Å². The minimum atomic E-state index is -0.750. The maximum atomic E-state index is 12.6. The molecule has 1 saturated heterocycles. The monoisotopic (exact) mass is 341 g/mol. The average molecular weight is 341 g/mol. The lowest BCUT2D eigenvalue weighted by Crippen LogP contribution is -2.30. The summed E-state index contributed by atoms with van der Waals surface area (Å²) >= 11 is 0. The molecule has 1 unspecified atom stereocenters. The third kappa shape index (κ3) is 2.80. The van der Waals surface area contributed by atoms with Gasteiger partial charge in [-0.3, -0.25) is 9.59 Å². The molecule has 1 aromatic heterocycles. The summed E-state index contributed by atoms with van der Waals surface area (Å²) in [6.45, 7) is 2.30. The van der Waals surface area contributed by atoms with E-state index < -0.39 is 17.7 Å². The largest absolute Gasteiger partial charge is 0.507 e. The normalized spacial score (nSPS) is 19.4. The van der Waals surface area contributed by atoms with E-state index in [0.717, 1.165) is 0 Å². The molecule has 1 amide bonds. The second-order valence-corrected chi connectivity index (χ2v) is 5.71. The molecule has 6 heteroatoms. The molecule has 0 aliphatic carbocycles. The maximum absolute atomic E-state index is 12.6. The number of para-hydroxylation sites is 1. The topological polar surface area (TPSA) is 80.0 Å². The molecule has 25 heavy (non-hydrogen) atoms. The van der Waals surface area contributed by atoms with Gasteiger partial charge in [-0.05, 0) is 30.7 Å². The molecule has 2 aromatic rings. The molecule has 0 saturated carbocycles. The summed E-state index contributed by atoms with van der Waals surface area (Å²) in [6, 6.07) is 9.43. The molecule has 0 spiro atoms. The van der Waals surface area contributed by atoms with Crippen LogP contribution in [-0.4, -0.2) is 35.4 Å².